The van der Waals surface area contributed by atoms with Crippen LogP contribution in [-0.4, -0.2) is 41.2 Å². The predicted molar refractivity (Wildman–Crippen MR) is 104 cm³/mol. The molecular weight excluding hydrogens is 344 g/mol. The molecule has 7 nitrogen and oxygen atoms in total. The average Bonchev–Trinajstić information content (AvgIpc) is 3.14. The van der Waals surface area contributed by atoms with Crippen molar-refractivity contribution in [3.63, 3.8) is 0 Å². The van der Waals surface area contributed by atoms with E-state index in [2.05, 4.69) is 20.6 Å². The summed E-state index contributed by atoms with van der Waals surface area (Å²) in [5.41, 5.74) is 1.63. The topological polar surface area (TPSA) is 85.4 Å². The Hall–Kier alpha value is -2.67. The molecule has 27 heavy (non-hydrogen) atoms. The summed E-state index contributed by atoms with van der Waals surface area (Å²) in [6.45, 7) is 7.16. The van der Waals surface area contributed by atoms with Gasteiger partial charge in [-0.2, -0.15) is 0 Å². The smallest absolute Gasteiger partial charge is 0.274 e. The van der Waals surface area contributed by atoms with Crippen LogP contribution < -0.4 is 15.4 Å². The fourth-order valence-corrected chi connectivity index (χ4v) is 2.89. The summed E-state index contributed by atoms with van der Waals surface area (Å²) in [5, 5.41) is 6.05. The first kappa shape index (κ1) is 19.1. The summed E-state index contributed by atoms with van der Waals surface area (Å²) in [7, 11) is 0. The second-order valence-corrected chi connectivity index (χ2v) is 6.85. The first-order valence-electron chi connectivity index (χ1n) is 9.29. The number of amides is 1. The van der Waals surface area contributed by atoms with Gasteiger partial charge in [0.2, 0.25) is 5.95 Å². The summed E-state index contributed by atoms with van der Waals surface area (Å²) in [4.78, 5) is 21.4. The van der Waals surface area contributed by atoms with Crippen LogP contribution in [0.2, 0.25) is 0 Å². The zero-order valence-electron chi connectivity index (χ0n) is 16.0. The van der Waals surface area contributed by atoms with Gasteiger partial charge in [-0.1, -0.05) is 12.1 Å². The van der Waals surface area contributed by atoms with Crippen molar-refractivity contribution in [2.45, 2.75) is 45.8 Å². The number of carbonyl (C=O) groups excluding carboxylic acids is 1. The van der Waals surface area contributed by atoms with E-state index < -0.39 is 0 Å². The van der Waals surface area contributed by atoms with Crippen molar-refractivity contribution in [3.05, 3.63) is 41.7 Å². The Labute approximate surface area is 159 Å². The summed E-state index contributed by atoms with van der Waals surface area (Å²) in [5.74, 6) is 0.756. The van der Waals surface area contributed by atoms with E-state index in [1.54, 1.807) is 12.1 Å². The number of hydrogen-bond donors (Lipinski definition) is 2. The van der Waals surface area contributed by atoms with E-state index in [1.165, 1.54) is 0 Å². The van der Waals surface area contributed by atoms with E-state index >= 15 is 0 Å². The molecule has 1 unspecified atom stereocenters. The first-order valence-corrected chi connectivity index (χ1v) is 9.29. The van der Waals surface area contributed by atoms with E-state index in [0.29, 0.717) is 29.6 Å². The molecule has 2 heterocycles. The number of anilines is 2. The first-order chi connectivity index (χ1) is 13.0. The van der Waals surface area contributed by atoms with Crippen molar-refractivity contribution in [3.8, 4) is 5.75 Å². The molecule has 0 bridgehead atoms. The fourth-order valence-electron chi connectivity index (χ4n) is 2.89. The van der Waals surface area contributed by atoms with E-state index in [1.807, 2.05) is 39.0 Å². The monoisotopic (exact) mass is 370 g/mol. The summed E-state index contributed by atoms with van der Waals surface area (Å²) in [6.07, 6.45) is 2.29. The van der Waals surface area contributed by atoms with Crippen LogP contribution in [0.1, 0.15) is 42.9 Å². The lowest BCUT2D eigenvalue weighted by Crippen LogP contribution is -2.21. The van der Waals surface area contributed by atoms with Crippen LogP contribution in [0.4, 0.5) is 11.6 Å². The molecule has 0 aliphatic carbocycles. The molecule has 0 spiro atoms. The Balaban J connectivity index is 1.71. The highest BCUT2D eigenvalue weighted by atomic mass is 16.5. The number of rotatable bonds is 7. The van der Waals surface area contributed by atoms with Crippen molar-refractivity contribution in [1.29, 1.82) is 0 Å². The third kappa shape index (κ3) is 5.40. The van der Waals surface area contributed by atoms with E-state index in [4.69, 9.17) is 9.47 Å². The molecule has 1 aliphatic rings. The van der Waals surface area contributed by atoms with Gasteiger partial charge in [0, 0.05) is 18.8 Å². The number of aromatic nitrogens is 2. The number of hydrogen-bond acceptors (Lipinski definition) is 6. The van der Waals surface area contributed by atoms with Crippen LogP contribution in [0.3, 0.4) is 0 Å². The summed E-state index contributed by atoms with van der Waals surface area (Å²) < 4.78 is 11.3. The number of ether oxygens (including phenoxy) is 2. The van der Waals surface area contributed by atoms with Crippen LogP contribution >= 0.6 is 0 Å². The summed E-state index contributed by atoms with van der Waals surface area (Å²) >= 11 is 0. The number of aryl methyl sites for hydroxylation is 1. The Bertz CT molecular complexity index is 789. The molecule has 0 saturated carbocycles. The lowest BCUT2D eigenvalue weighted by Gasteiger charge is -2.15. The minimum atomic E-state index is -0.305. The number of para-hydroxylation sites is 2. The Morgan fingerprint density at radius 2 is 2.15 bits per heavy atom. The lowest BCUT2D eigenvalue weighted by atomic mass is 10.2. The van der Waals surface area contributed by atoms with Crippen molar-refractivity contribution in [2.24, 2.45) is 0 Å². The molecule has 1 aromatic carbocycles. The summed E-state index contributed by atoms with van der Waals surface area (Å²) in [6, 6.07) is 9.02. The van der Waals surface area contributed by atoms with Gasteiger partial charge in [0.05, 0.1) is 17.9 Å². The number of carbonyl (C=O) groups is 1. The van der Waals surface area contributed by atoms with Gasteiger partial charge in [0.15, 0.2) is 0 Å². The lowest BCUT2D eigenvalue weighted by molar-refractivity contribution is 0.102. The zero-order valence-corrected chi connectivity index (χ0v) is 16.0. The quantitative estimate of drug-likeness (QED) is 0.777. The van der Waals surface area contributed by atoms with Gasteiger partial charge in [-0.3, -0.25) is 4.79 Å². The molecule has 144 valence electrons. The van der Waals surface area contributed by atoms with E-state index in [0.717, 1.165) is 25.1 Å². The zero-order chi connectivity index (χ0) is 19.2. The highest BCUT2D eigenvalue weighted by Gasteiger charge is 2.17. The number of nitrogens with zero attached hydrogens (tertiary/aromatic N) is 2. The van der Waals surface area contributed by atoms with E-state index in [-0.39, 0.29) is 18.1 Å². The molecule has 1 fully saturated rings. The van der Waals surface area contributed by atoms with Gasteiger partial charge in [-0.15, -0.1) is 0 Å². The molecule has 3 rings (SSSR count). The maximum Gasteiger partial charge on any atom is 0.274 e. The van der Waals surface area contributed by atoms with Crippen LogP contribution in [-0.2, 0) is 4.74 Å². The van der Waals surface area contributed by atoms with Crippen LogP contribution in [0.15, 0.2) is 30.3 Å². The van der Waals surface area contributed by atoms with Crippen molar-refractivity contribution < 1.29 is 14.3 Å². The average molecular weight is 370 g/mol. The van der Waals surface area contributed by atoms with Gasteiger partial charge in [0.1, 0.15) is 11.4 Å². The third-order valence-electron chi connectivity index (χ3n) is 4.10. The van der Waals surface area contributed by atoms with Crippen LogP contribution in [0.5, 0.6) is 5.75 Å². The Morgan fingerprint density at radius 1 is 1.33 bits per heavy atom. The Morgan fingerprint density at radius 3 is 2.89 bits per heavy atom. The molecule has 1 aromatic heterocycles. The maximum atomic E-state index is 12.7. The van der Waals surface area contributed by atoms with Crippen LogP contribution in [0.25, 0.3) is 0 Å². The Kier molecular flexibility index (Phi) is 6.24. The molecule has 1 amide bonds. The largest absolute Gasteiger partial charge is 0.489 e. The highest BCUT2D eigenvalue weighted by Crippen LogP contribution is 2.25. The second-order valence-electron chi connectivity index (χ2n) is 6.85. The fraction of sp³-hybridized carbons (Fsp3) is 0.450. The molecule has 2 N–H and O–H groups in total. The molecular formula is C20H26N4O3. The van der Waals surface area contributed by atoms with Gasteiger partial charge in [0.25, 0.3) is 5.91 Å². The number of benzene rings is 1. The minimum absolute atomic E-state index is 0.0120. The SMILES string of the molecule is Cc1cc(C(=O)Nc2ccccc2OC(C)C)nc(NCC2CCCO2)n1. The van der Waals surface area contributed by atoms with Gasteiger partial charge < -0.3 is 20.1 Å². The molecule has 1 aliphatic heterocycles. The highest BCUT2D eigenvalue weighted by molar-refractivity contribution is 6.03. The second kappa shape index (κ2) is 8.81. The number of nitrogens with one attached hydrogen (secondary N) is 2. The molecule has 0 radical (unpaired) electrons. The molecule has 1 atom stereocenters. The van der Waals surface area contributed by atoms with Gasteiger partial charge in [-0.25, -0.2) is 9.97 Å². The predicted octanol–water partition coefficient (Wildman–Crippen LogP) is 3.42. The van der Waals surface area contributed by atoms with Crippen molar-refractivity contribution in [2.75, 3.05) is 23.8 Å². The van der Waals surface area contributed by atoms with Gasteiger partial charge >= 0.3 is 0 Å². The molecule has 7 heteroatoms. The minimum Gasteiger partial charge on any atom is -0.489 e. The molecule has 2 aromatic rings. The van der Waals surface area contributed by atoms with Crippen molar-refractivity contribution >= 4 is 17.5 Å². The standard InChI is InChI=1S/C20H26N4O3/c1-13(2)27-18-9-5-4-8-16(18)23-19(25)17-11-14(3)22-20(24-17)21-12-15-7-6-10-26-15/h4-5,8-9,11,13,15H,6-7,10,12H2,1-3H3,(H,23,25)(H,21,22,24). The maximum absolute atomic E-state index is 12.7. The normalized spacial score (nSPS) is 16.4. The molecule has 1 saturated heterocycles. The van der Waals surface area contributed by atoms with Crippen LogP contribution in [0, 0.1) is 6.92 Å². The van der Waals surface area contributed by atoms with Gasteiger partial charge in [-0.05, 0) is 51.8 Å². The third-order valence-corrected chi connectivity index (χ3v) is 4.10. The van der Waals surface area contributed by atoms with E-state index in [9.17, 15) is 4.79 Å². The van der Waals surface area contributed by atoms with Crippen molar-refractivity contribution in [1.82, 2.24) is 9.97 Å².